The summed E-state index contributed by atoms with van der Waals surface area (Å²) in [6, 6.07) is 7.52. The number of nitrogens with one attached hydrogen (secondary N) is 1. The molecule has 2 aromatic heterocycles. The van der Waals surface area contributed by atoms with Crippen molar-refractivity contribution >= 4 is 17.7 Å². The Balaban J connectivity index is 1.52. The van der Waals surface area contributed by atoms with E-state index in [1.807, 2.05) is 24.3 Å². The van der Waals surface area contributed by atoms with E-state index < -0.39 is 0 Å². The molecule has 2 heterocycles. The maximum atomic E-state index is 12.1. The molecule has 1 aliphatic carbocycles. The fourth-order valence-electron chi connectivity index (χ4n) is 2.84. The first-order valence-corrected chi connectivity index (χ1v) is 8.83. The first kappa shape index (κ1) is 15.3. The molecule has 0 radical (unpaired) electrons. The van der Waals surface area contributed by atoms with Crippen LogP contribution in [-0.2, 0) is 4.79 Å². The molecule has 2 aromatic rings. The van der Waals surface area contributed by atoms with Crippen LogP contribution in [-0.4, -0.2) is 23.5 Å². The summed E-state index contributed by atoms with van der Waals surface area (Å²) in [5, 5.41) is 3.67. The Bertz CT molecular complexity index is 525. The topological polar surface area (TPSA) is 55.4 Å². The second kappa shape index (κ2) is 7.58. The quantitative estimate of drug-likeness (QED) is 0.843. The highest BCUT2D eigenvalue weighted by Gasteiger charge is 2.21. The van der Waals surface area contributed by atoms with E-state index in [1.165, 1.54) is 25.7 Å². The lowest BCUT2D eigenvalue weighted by molar-refractivity contribution is -0.118. The van der Waals surface area contributed by atoms with E-state index in [2.05, 4.69) is 5.32 Å². The zero-order valence-corrected chi connectivity index (χ0v) is 13.3. The summed E-state index contributed by atoms with van der Waals surface area (Å²) in [6.07, 6.45) is 8.39. The normalized spacial score (nSPS) is 15.5. The van der Waals surface area contributed by atoms with Gasteiger partial charge in [0.05, 0.1) is 24.2 Å². The van der Waals surface area contributed by atoms with E-state index in [4.69, 9.17) is 8.83 Å². The van der Waals surface area contributed by atoms with Crippen LogP contribution < -0.4 is 5.32 Å². The zero-order chi connectivity index (χ0) is 15.2. The summed E-state index contributed by atoms with van der Waals surface area (Å²) in [6.45, 7) is 0.491. The molecule has 1 N–H and O–H groups in total. The third-order valence-electron chi connectivity index (χ3n) is 4.03. The Hall–Kier alpha value is -1.62. The Morgan fingerprint density at radius 1 is 1.18 bits per heavy atom. The van der Waals surface area contributed by atoms with Crippen LogP contribution in [0, 0.1) is 0 Å². The van der Waals surface area contributed by atoms with Crippen molar-refractivity contribution in [3.8, 4) is 0 Å². The van der Waals surface area contributed by atoms with Gasteiger partial charge < -0.3 is 14.2 Å². The zero-order valence-electron chi connectivity index (χ0n) is 12.5. The number of hydrogen-bond acceptors (Lipinski definition) is 4. The third kappa shape index (κ3) is 3.97. The summed E-state index contributed by atoms with van der Waals surface area (Å²) >= 11 is 1.78. The molecule has 0 spiro atoms. The van der Waals surface area contributed by atoms with Gasteiger partial charge in [-0.05, 0) is 37.1 Å². The van der Waals surface area contributed by atoms with Crippen molar-refractivity contribution in [2.24, 2.45) is 0 Å². The maximum absolute atomic E-state index is 12.1. The minimum Gasteiger partial charge on any atom is -0.469 e. The Morgan fingerprint density at radius 3 is 2.36 bits per heavy atom. The van der Waals surface area contributed by atoms with Crippen LogP contribution in [0.5, 0.6) is 0 Å². The number of thioether (sulfide) groups is 1. The monoisotopic (exact) mass is 319 g/mol. The van der Waals surface area contributed by atoms with E-state index in [-0.39, 0.29) is 11.8 Å². The second-order valence-corrected chi connectivity index (χ2v) is 6.89. The molecule has 0 aliphatic heterocycles. The van der Waals surface area contributed by atoms with Crippen LogP contribution in [0.15, 0.2) is 45.6 Å². The molecule has 5 heteroatoms. The highest BCUT2D eigenvalue weighted by Crippen LogP contribution is 2.29. The SMILES string of the molecule is O=C(CSC1CCCC1)NCC(c1ccco1)c1ccco1. The van der Waals surface area contributed by atoms with Gasteiger partial charge in [0.1, 0.15) is 11.5 Å². The summed E-state index contributed by atoms with van der Waals surface area (Å²) in [4.78, 5) is 12.1. The van der Waals surface area contributed by atoms with Gasteiger partial charge in [-0.1, -0.05) is 12.8 Å². The van der Waals surface area contributed by atoms with Crippen LogP contribution in [0.4, 0.5) is 0 Å². The van der Waals surface area contributed by atoms with Crippen LogP contribution >= 0.6 is 11.8 Å². The van der Waals surface area contributed by atoms with Crippen molar-refractivity contribution in [2.75, 3.05) is 12.3 Å². The van der Waals surface area contributed by atoms with Gasteiger partial charge in [0.15, 0.2) is 0 Å². The average molecular weight is 319 g/mol. The van der Waals surface area contributed by atoms with Crippen LogP contribution in [0.2, 0.25) is 0 Å². The number of rotatable bonds is 7. The van der Waals surface area contributed by atoms with Crippen molar-refractivity contribution in [1.29, 1.82) is 0 Å². The van der Waals surface area contributed by atoms with Gasteiger partial charge in [-0.25, -0.2) is 0 Å². The van der Waals surface area contributed by atoms with E-state index in [1.54, 1.807) is 24.3 Å². The molecule has 118 valence electrons. The van der Waals surface area contributed by atoms with Crippen molar-refractivity contribution < 1.29 is 13.6 Å². The number of furan rings is 2. The highest BCUT2D eigenvalue weighted by molar-refractivity contribution is 8.00. The standard InChI is InChI=1S/C17H21NO3S/c19-17(12-22-13-5-1-2-6-13)18-11-14(15-7-3-9-20-15)16-8-4-10-21-16/h3-4,7-10,13-14H,1-2,5-6,11-12H2,(H,18,19). The fraction of sp³-hybridized carbons (Fsp3) is 0.471. The molecular weight excluding hydrogens is 298 g/mol. The Labute approximate surface area is 134 Å². The van der Waals surface area contributed by atoms with Crippen LogP contribution in [0.25, 0.3) is 0 Å². The van der Waals surface area contributed by atoms with E-state index in [9.17, 15) is 4.79 Å². The number of hydrogen-bond donors (Lipinski definition) is 1. The molecule has 0 bridgehead atoms. The van der Waals surface area contributed by atoms with E-state index in [0.29, 0.717) is 17.5 Å². The maximum Gasteiger partial charge on any atom is 0.230 e. The first-order valence-electron chi connectivity index (χ1n) is 7.78. The Morgan fingerprint density at radius 2 is 1.82 bits per heavy atom. The van der Waals surface area contributed by atoms with Gasteiger partial charge in [-0.15, -0.1) is 11.8 Å². The third-order valence-corrected chi connectivity index (χ3v) is 5.40. The van der Waals surface area contributed by atoms with Crippen LogP contribution in [0.3, 0.4) is 0 Å². The average Bonchev–Trinajstić information content (AvgIpc) is 3.27. The molecule has 0 aromatic carbocycles. The fourth-order valence-corrected chi connectivity index (χ4v) is 3.99. The summed E-state index contributed by atoms with van der Waals surface area (Å²) in [5.74, 6) is 2.15. The first-order chi connectivity index (χ1) is 10.8. The lowest BCUT2D eigenvalue weighted by Crippen LogP contribution is -2.30. The van der Waals surface area contributed by atoms with Gasteiger partial charge in [0.25, 0.3) is 0 Å². The number of carbonyl (C=O) groups is 1. The van der Waals surface area contributed by atoms with Crippen molar-refractivity contribution in [3.05, 3.63) is 48.3 Å². The minimum atomic E-state index is -0.0783. The molecular formula is C17H21NO3S. The molecule has 1 saturated carbocycles. The van der Waals surface area contributed by atoms with Crippen molar-refractivity contribution in [3.63, 3.8) is 0 Å². The van der Waals surface area contributed by atoms with E-state index >= 15 is 0 Å². The molecule has 1 amide bonds. The molecule has 0 unspecified atom stereocenters. The highest BCUT2D eigenvalue weighted by atomic mass is 32.2. The van der Waals surface area contributed by atoms with Gasteiger partial charge in [0, 0.05) is 11.8 Å². The molecule has 3 rings (SSSR count). The lowest BCUT2D eigenvalue weighted by Gasteiger charge is -2.14. The smallest absolute Gasteiger partial charge is 0.230 e. The molecule has 0 atom stereocenters. The van der Waals surface area contributed by atoms with Gasteiger partial charge in [-0.2, -0.15) is 0 Å². The number of carbonyl (C=O) groups excluding carboxylic acids is 1. The predicted octanol–water partition coefficient (Wildman–Crippen LogP) is 3.80. The molecule has 0 saturated heterocycles. The van der Waals surface area contributed by atoms with E-state index in [0.717, 1.165) is 11.5 Å². The molecule has 4 nitrogen and oxygen atoms in total. The Kier molecular flexibility index (Phi) is 5.27. The van der Waals surface area contributed by atoms with Crippen molar-refractivity contribution in [1.82, 2.24) is 5.32 Å². The van der Waals surface area contributed by atoms with Gasteiger partial charge >= 0.3 is 0 Å². The summed E-state index contributed by atoms with van der Waals surface area (Å²) in [5.41, 5.74) is 0. The number of amides is 1. The van der Waals surface area contributed by atoms with Crippen LogP contribution in [0.1, 0.15) is 43.1 Å². The molecule has 22 heavy (non-hydrogen) atoms. The second-order valence-electron chi connectivity index (χ2n) is 5.60. The molecule has 1 aliphatic rings. The summed E-state index contributed by atoms with van der Waals surface area (Å²) in [7, 11) is 0. The van der Waals surface area contributed by atoms with Gasteiger partial charge in [-0.3, -0.25) is 4.79 Å². The predicted molar refractivity (Wildman–Crippen MR) is 87.0 cm³/mol. The summed E-state index contributed by atoms with van der Waals surface area (Å²) < 4.78 is 11.0. The largest absolute Gasteiger partial charge is 0.469 e. The van der Waals surface area contributed by atoms with Gasteiger partial charge in [0.2, 0.25) is 5.91 Å². The van der Waals surface area contributed by atoms with Crippen molar-refractivity contribution in [2.45, 2.75) is 36.9 Å². The minimum absolute atomic E-state index is 0.0783. The lowest BCUT2D eigenvalue weighted by atomic mass is 10.0. The molecule has 1 fully saturated rings.